The molecule has 0 amide bonds. The number of hydrogen-bond donors (Lipinski definition) is 2. The number of halogens is 6. The number of aliphatic hydroxyl groups excluding tert-OH is 1. The van der Waals surface area contributed by atoms with Crippen molar-refractivity contribution in [2.45, 2.75) is 55.3 Å². The second-order valence-corrected chi connectivity index (χ2v) is 9.89. The molecule has 3 aromatic rings. The molecule has 2 atom stereocenters. The second-order valence-electron chi connectivity index (χ2n) is 9.89. The topological polar surface area (TPSA) is 93.3 Å². The van der Waals surface area contributed by atoms with E-state index in [0.717, 1.165) is 28.7 Å². The molecule has 3 aliphatic carbocycles. The van der Waals surface area contributed by atoms with Crippen LogP contribution < -0.4 is 4.74 Å². The van der Waals surface area contributed by atoms with Gasteiger partial charge in [-0.15, -0.1) is 5.10 Å². The van der Waals surface area contributed by atoms with Gasteiger partial charge in [-0.05, 0) is 64.9 Å². The monoisotopic (exact) mass is 528 g/mol. The summed E-state index contributed by atoms with van der Waals surface area (Å²) in [5, 5.41) is 30.8. The quantitative estimate of drug-likeness (QED) is 0.391. The van der Waals surface area contributed by atoms with Crippen LogP contribution >= 0.6 is 0 Å². The number of hydrogen-bond acceptors (Lipinski definition) is 6. The SMILES string of the molecule is O[C@@H](COc1ccc(C23CC(C(F)(F)[C@@](O)(Cn4cnnn4)c4ccc(F)cc4F)(C2)C3)cc1)C(F)F. The summed E-state index contributed by atoms with van der Waals surface area (Å²) in [5.74, 6) is -5.90. The molecule has 6 rings (SSSR count). The molecule has 1 heterocycles. The number of aliphatic hydroxyl groups is 2. The molecule has 1 aromatic heterocycles. The number of rotatable bonds is 10. The molecular formula is C24H22F6N4O3. The lowest BCUT2D eigenvalue weighted by Gasteiger charge is -2.74. The third-order valence-electron chi connectivity index (χ3n) is 7.55. The van der Waals surface area contributed by atoms with E-state index in [4.69, 9.17) is 9.84 Å². The summed E-state index contributed by atoms with van der Waals surface area (Å²) >= 11 is 0. The predicted molar refractivity (Wildman–Crippen MR) is 115 cm³/mol. The zero-order valence-corrected chi connectivity index (χ0v) is 19.2. The Labute approximate surface area is 206 Å². The molecule has 37 heavy (non-hydrogen) atoms. The lowest BCUT2D eigenvalue weighted by Crippen LogP contribution is -2.76. The summed E-state index contributed by atoms with van der Waals surface area (Å²) in [6, 6.07) is 8.31. The minimum Gasteiger partial charge on any atom is -0.491 e. The van der Waals surface area contributed by atoms with Crippen molar-refractivity contribution >= 4 is 0 Å². The van der Waals surface area contributed by atoms with Crippen molar-refractivity contribution in [3.8, 4) is 5.75 Å². The number of nitrogens with zero attached hydrogens (tertiary/aromatic N) is 4. The van der Waals surface area contributed by atoms with Crippen molar-refractivity contribution in [1.82, 2.24) is 20.2 Å². The average molecular weight is 528 g/mol. The van der Waals surface area contributed by atoms with Gasteiger partial charge in [0, 0.05) is 17.0 Å². The number of aromatic nitrogens is 4. The Hall–Kier alpha value is -3.19. The molecule has 0 unspecified atom stereocenters. The van der Waals surface area contributed by atoms with Crippen molar-refractivity contribution in [2.24, 2.45) is 5.41 Å². The lowest BCUT2D eigenvalue weighted by atomic mass is 9.30. The van der Waals surface area contributed by atoms with Crippen molar-refractivity contribution in [1.29, 1.82) is 0 Å². The second kappa shape index (κ2) is 8.69. The normalized spacial score (nSPS) is 25.2. The van der Waals surface area contributed by atoms with Crippen LogP contribution in [0.25, 0.3) is 0 Å². The van der Waals surface area contributed by atoms with E-state index in [9.17, 15) is 22.7 Å². The maximum Gasteiger partial charge on any atom is 0.287 e. The number of ether oxygens (including phenoxy) is 1. The van der Waals surface area contributed by atoms with Crippen LogP contribution in [0.15, 0.2) is 48.8 Å². The van der Waals surface area contributed by atoms with Crippen molar-refractivity contribution in [2.75, 3.05) is 6.61 Å². The van der Waals surface area contributed by atoms with E-state index >= 15 is 8.78 Å². The minimum atomic E-state index is -3.85. The van der Waals surface area contributed by atoms with Crippen LogP contribution in [0.3, 0.4) is 0 Å². The first kappa shape index (κ1) is 25.5. The summed E-state index contributed by atoms with van der Waals surface area (Å²) in [7, 11) is 0. The minimum absolute atomic E-state index is 0.00195. The first-order valence-corrected chi connectivity index (χ1v) is 11.4. The molecule has 0 radical (unpaired) electrons. The summed E-state index contributed by atoms with van der Waals surface area (Å²) in [5.41, 5.74) is -5.35. The van der Waals surface area contributed by atoms with Gasteiger partial charge in [-0.3, -0.25) is 0 Å². The molecule has 0 saturated heterocycles. The van der Waals surface area contributed by atoms with Gasteiger partial charge < -0.3 is 14.9 Å². The van der Waals surface area contributed by atoms with Gasteiger partial charge in [0.2, 0.25) is 0 Å². The molecule has 2 bridgehead atoms. The van der Waals surface area contributed by atoms with Gasteiger partial charge in [-0.25, -0.2) is 31.0 Å². The molecule has 13 heteroatoms. The molecule has 0 spiro atoms. The van der Waals surface area contributed by atoms with Crippen molar-refractivity contribution < 1.29 is 41.3 Å². The Morgan fingerprint density at radius 2 is 1.73 bits per heavy atom. The highest BCUT2D eigenvalue weighted by atomic mass is 19.3. The highest BCUT2D eigenvalue weighted by Gasteiger charge is 2.82. The third-order valence-corrected chi connectivity index (χ3v) is 7.55. The number of benzene rings is 2. The zero-order valence-electron chi connectivity index (χ0n) is 19.2. The predicted octanol–water partition coefficient (Wildman–Crippen LogP) is 3.60. The van der Waals surface area contributed by atoms with Crippen molar-refractivity contribution in [3.63, 3.8) is 0 Å². The Bertz CT molecular complexity index is 1250. The van der Waals surface area contributed by atoms with Crippen LogP contribution in [0.4, 0.5) is 26.3 Å². The van der Waals surface area contributed by atoms with E-state index in [2.05, 4.69) is 15.5 Å². The van der Waals surface area contributed by atoms with Crippen LogP contribution in [-0.4, -0.2) is 55.5 Å². The van der Waals surface area contributed by atoms with Gasteiger partial charge in [0.1, 0.15) is 36.4 Å². The molecule has 2 aromatic carbocycles. The fourth-order valence-corrected chi connectivity index (χ4v) is 5.69. The number of alkyl halides is 4. The average Bonchev–Trinajstić information content (AvgIpc) is 3.28. The molecule has 7 nitrogen and oxygen atoms in total. The van der Waals surface area contributed by atoms with Gasteiger partial charge in [-0.1, -0.05) is 12.1 Å². The Morgan fingerprint density at radius 3 is 2.30 bits per heavy atom. The van der Waals surface area contributed by atoms with Gasteiger partial charge in [-0.2, -0.15) is 0 Å². The smallest absolute Gasteiger partial charge is 0.287 e. The molecule has 3 aliphatic rings. The molecular weight excluding hydrogens is 506 g/mol. The van der Waals surface area contributed by atoms with E-state index in [1.165, 1.54) is 12.1 Å². The van der Waals surface area contributed by atoms with Crippen LogP contribution in [0, 0.1) is 17.0 Å². The van der Waals surface area contributed by atoms with E-state index in [0.29, 0.717) is 6.07 Å². The summed E-state index contributed by atoms with van der Waals surface area (Å²) in [6.45, 7) is -1.46. The molecule has 3 saturated carbocycles. The van der Waals surface area contributed by atoms with Gasteiger partial charge >= 0.3 is 0 Å². The van der Waals surface area contributed by atoms with Crippen LogP contribution in [0.1, 0.15) is 30.4 Å². The standard InChI is InChI=1S/C24H22F6N4O3/c25-15-3-6-17(18(26)7-15)23(36,12-34-13-31-32-33-34)24(29,30)22-9-21(10-22,11-22)14-1-4-16(5-2-14)37-8-19(35)20(27)28/h1-7,13,19-20,35-36H,8-12H2/t19-,21?,22?,23+/m0/s1. The highest BCUT2D eigenvalue weighted by Crippen LogP contribution is 2.80. The van der Waals surface area contributed by atoms with Crippen LogP contribution in [0.2, 0.25) is 0 Å². The van der Waals surface area contributed by atoms with E-state index < -0.39 is 65.2 Å². The van der Waals surface area contributed by atoms with E-state index in [1.54, 1.807) is 12.1 Å². The molecule has 3 fully saturated rings. The summed E-state index contributed by atoms with van der Waals surface area (Å²) in [6.07, 6.45) is -3.87. The van der Waals surface area contributed by atoms with E-state index in [1.807, 2.05) is 0 Å². The third kappa shape index (κ3) is 3.95. The van der Waals surface area contributed by atoms with Gasteiger partial charge in [0.15, 0.2) is 5.60 Å². The first-order valence-electron chi connectivity index (χ1n) is 11.4. The van der Waals surface area contributed by atoms with Crippen LogP contribution in [-0.2, 0) is 17.6 Å². The Morgan fingerprint density at radius 1 is 1.05 bits per heavy atom. The lowest BCUT2D eigenvalue weighted by molar-refractivity contribution is -0.347. The fourth-order valence-electron chi connectivity index (χ4n) is 5.69. The highest BCUT2D eigenvalue weighted by molar-refractivity contribution is 5.44. The summed E-state index contributed by atoms with van der Waals surface area (Å²) in [4.78, 5) is 0. The van der Waals surface area contributed by atoms with Crippen LogP contribution in [0.5, 0.6) is 5.75 Å². The van der Waals surface area contributed by atoms with Gasteiger partial charge in [0.25, 0.3) is 12.3 Å². The van der Waals surface area contributed by atoms with E-state index in [-0.39, 0.29) is 25.0 Å². The van der Waals surface area contributed by atoms with Gasteiger partial charge in [0.05, 0.1) is 6.54 Å². The molecule has 198 valence electrons. The largest absolute Gasteiger partial charge is 0.491 e. The zero-order chi connectivity index (χ0) is 26.6. The Kier molecular flexibility index (Phi) is 5.98. The molecule has 2 N–H and O–H groups in total. The van der Waals surface area contributed by atoms with Crippen molar-refractivity contribution in [3.05, 3.63) is 71.6 Å². The number of tetrazole rings is 1. The Balaban J connectivity index is 1.36. The first-order chi connectivity index (χ1) is 17.4. The summed E-state index contributed by atoms with van der Waals surface area (Å²) < 4.78 is 91.4. The molecule has 0 aliphatic heterocycles. The maximum atomic E-state index is 16.2. The fraction of sp³-hybridized carbons (Fsp3) is 0.458. The maximum absolute atomic E-state index is 16.2.